The Labute approximate surface area is 128 Å². The summed E-state index contributed by atoms with van der Waals surface area (Å²) in [5, 5.41) is 18.2. The quantitative estimate of drug-likeness (QED) is 0.441. The molecule has 0 unspecified atom stereocenters. The van der Waals surface area contributed by atoms with Gasteiger partial charge in [-0.05, 0) is 19.1 Å². The van der Waals surface area contributed by atoms with E-state index < -0.39 is 4.92 Å². The molecule has 118 valence electrons. The first-order valence-electron chi connectivity index (χ1n) is 7.11. The van der Waals surface area contributed by atoms with Crippen LogP contribution in [-0.2, 0) is 4.74 Å². The van der Waals surface area contributed by atoms with Gasteiger partial charge in [-0.3, -0.25) is 15.1 Å². The van der Waals surface area contributed by atoms with Crippen LogP contribution in [0.5, 0.6) is 0 Å². The zero-order valence-corrected chi connectivity index (χ0v) is 12.8. The maximum atomic E-state index is 10.9. The van der Waals surface area contributed by atoms with E-state index in [0.29, 0.717) is 13.2 Å². The fourth-order valence-corrected chi connectivity index (χ4v) is 2.19. The van der Waals surface area contributed by atoms with Gasteiger partial charge in [0.25, 0.3) is 5.69 Å². The molecule has 0 bridgehead atoms. The molecule has 2 rings (SSSR count). The number of hydrogen-bond acceptors (Lipinski definition) is 6. The molecule has 1 aromatic heterocycles. The van der Waals surface area contributed by atoms with Crippen LogP contribution in [0.3, 0.4) is 0 Å². The average Bonchev–Trinajstić information content (AvgIpc) is 2.49. The molecule has 0 amide bonds. The highest BCUT2D eigenvalue weighted by Crippen LogP contribution is 2.26. The second-order valence-electron chi connectivity index (χ2n) is 4.94. The van der Waals surface area contributed by atoms with Gasteiger partial charge in [-0.1, -0.05) is 0 Å². The summed E-state index contributed by atoms with van der Waals surface area (Å²) in [5.74, 6) is 0. The third-order valence-corrected chi connectivity index (χ3v) is 3.23. The molecule has 7 heteroatoms. The van der Waals surface area contributed by atoms with Crippen LogP contribution in [0.15, 0.2) is 24.3 Å². The number of methoxy groups -OCH3 is 1. The van der Waals surface area contributed by atoms with Crippen molar-refractivity contribution < 1.29 is 9.66 Å². The van der Waals surface area contributed by atoms with Gasteiger partial charge in [-0.15, -0.1) is 0 Å². The number of nitro groups is 1. The fraction of sp³-hybridized carbons (Fsp3) is 0.400. The number of nitrogens with one attached hydrogen (secondary N) is 2. The third-order valence-electron chi connectivity index (χ3n) is 3.23. The lowest BCUT2D eigenvalue weighted by molar-refractivity contribution is -0.384. The number of nitro benzene ring substituents is 1. The Hall–Kier alpha value is -2.25. The van der Waals surface area contributed by atoms with Crippen LogP contribution in [-0.4, -0.2) is 43.3 Å². The van der Waals surface area contributed by atoms with E-state index in [4.69, 9.17) is 4.74 Å². The van der Waals surface area contributed by atoms with Gasteiger partial charge in [0.1, 0.15) is 0 Å². The predicted octanol–water partition coefficient (Wildman–Crippen LogP) is 2.10. The minimum absolute atomic E-state index is 0.0689. The van der Waals surface area contributed by atoms with E-state index in [2.05, 4.69) is 15.6 Å². The summed E-state index contributed by atoms with van der Waals surface area (Å²) >= 11 is 0. The molecule has 0 saturated heterocycles. The number of fused-ring (bicyclic) bond motifs is 1. The second-order valence-corrected chi connectivity index (χ2v) is 4.94. The number of benzene rings is 1. The smallest absolute Gasteiger partial charge is 0.270 e. The zero-order valence-electron chi connectivity index (χ0n) is 12.8. The molecular weight excluding hydrogens is 284 g/mol. The molecule has 0 saturated carbocycles. The Morgan fingerprint density at radius 1 is 1.27 bits per heavy atom. The number of rotatable bonds is 8. The number of ether oxygens (including phenoxy) is 1. The van der Waals surface area contributed by atoms with E-state index in [0.717, 1.165) is 35.4 Å². The Morgan fingerprint density at radius 2 is 2.09 bits per heavy atom. The largest absolute Gasteiger partial charge is 0.383 e. The molecule has 0 aliphatic carbocycles. The van der Waals surface area contributed by atoms with Crippen LogP contribution < -0.4 is 10.6 Å². The van der Waals surface area contributed by atoms with Crippen molar-refractivity contribution in [2.24, 2.45) is 0 Å². The second kappa shape index (κ2) is 7.67. The van der Waals surface area contributed by atoms with Gasteiger partial charge in [0.15, 0.2) is 0 Å². The van der Waals surface area contributed by atoms with Crippen molar-refractivity contribution in [3.8, 4) is 0 Å². The van der Waals surface area contributed by atoms with Crippen LogP contribution in [0.1, 0.15) is 5.69 Å². The number of aromatic nitrogens is 1. The van der Waals surface area contributed by atoms with E-state index in [-0.39, 0.29) is 5.69 Å². The molecule has 0 aliphatic rings. The molecule has 1 aromatic carbocycles. The van der Waals surface area contributed by atoms with Crippen molar-refractivity contribution in [3.63, 3.8) is 0 Å². The molecule has 2 N–H and O–H groups in total. The number of aryl methyl sites for hydroxylation is 1. The molecular formula is C15H20N4O3. The Balaban J connectivity index is 2.13. The highest BCUT2D eigenvalue weighted by Gasteiger charge is 2.10. The summed E-state index contributed by atoms with van der Waals surface area (Å²) in [7, 11) is 1.67. The molecule has 1 heterocycles. The number of hydrogen-bond donors (Lipinski definition) is 2. The summed E-state index contributed by atoms with van der Waals surface area (Å²) in [4.78, 5) is 14.9. The lowest BCUT2D eigenvalue weighted by Gasteiger charge is -2.11. The number of pyridine rings is 1. The minimum Gasteiger partial charge on any atom is -0.383 e. The van der Waals surface area contributed by atoms with E-state index in [9.17, 15) is 10.1 Å². The van der Waals surface area contributed by atoms with Gasteiger partial charge in [0.2, 0.25) is 0 Å². The zero-order chi connectivity index (χ0) is 15.9. The first kappa shape index (κ1) is 16.1. The van der Waals surface area contributed by atoms with E-state index in [1.165, 1.54) is 6.07 Å². The highest BCUT2D eigenvalue weighted by atomic mass is 16.6. The Bertz CT molecular complexity index is 661. The summed E-state index contributed by atoms with van der Waals surface area (Å²) in [6.07, 6.45) is 0. The van der Waals surface area contributed by atoms with Crippen LogP contribution in [0, 0.1) is 17.0 Å². The number of anilines is 1. The lowest BCUT2D eigenvalue weighted by atomic mass is 10.1. The molecule has 0 fully saturated rings. The van der Waals surface area contributed by atoms with Gasteiger partial charge in [0, 0.05) is 55.6 Å². The van der Waals surface area contributed by atoms with Crippen molar-refractivity contribution >= 4 is 22.3 Å². The maximum absolute atomic E-state index is 10.9. The van der Waals surface area contributed by atoms with Crippen LogP contribution in [0.25, 0.3) is 10.9 Å². The summed E-state index contributed by atoms with van der Waals surface area (Å²) in [6, 6.07) is 6.62. The van der Waals surface area contributed by atoms with Crippen molar-refractivity contribution in [1.29, 1.82) is 0 Å². The monoisotopic (exact) mass is 304 g/mol. The normalized spacial score (nSPS) is 10.8. The maximum Gasteiger partial charge on any atom is 0.270 e. The number of non-ortho nitro benzene ring substituents is 1. The Kier molecular flexibility index (Phi) is 5.62. The van der Waals surface area contributed by atoms with Gasteiger partial charge < -0.3 is 15.4 Å². The van der Waals surface area contributed by atoms with Gasteiger partial charge in [0.05, 0.1) is 17.0 Å². The minimum atomic E-state index is -0.393. The van der Waals surface area contributed by atoms with Crippen molar-refractivity contribution in [2.45, 2.75) is 6.92 Å². The van der Waals surface area contributed by atoms with Crippen molar-refractivity contribution in [2.75, 3.05) is 38.7 Å². The molecule has 0 spiro atoms. The molecule has 2 aromatic rings. The SMILES string of the molecule is COCCNCCNc1cc(C)nc2ccc([N+](=O)[O-])cc12. The first-order valence-corrected chi connectivity index (χ1v) is 7.11. The molecule has 7 nitrogen and oxygen atoms in total. The van der Waals surface area contributed by atoms with Crippen LogP contribution >= 0.6 is 0 Å². The highest BCUT2D eigenvalue weighted by molar-refractivity contribution is 5.93. The van der Waals surface area contributed by atoms with E-state index >= 15 is 0 Å². The molecule has 0 radical (unpaired) electrons. The van der Waals surface area contributed by atoms with E-state index in [1.54, 1.807) is 19.2 Å². The number of nitrogens with zero attached hydrogens (tertiary/aromatic N) is 2. The average molecular weight is 304 g/mol. The van der Waals surface area contributed by atoms with Gasteiger partial charge in [-0.25, -0.2) is 0 Å². The topological polar surface area (TPSA) is 89.3 Å². The van der Waals surface area contributed by atoms with E-state index in [1.807, 2.05) is 13.0 Å². The van der Waals surface area contributed by atoms with Crippen molar-refractivity contribution in [3.05, 3.63) is 40.1 Å². The first-order chi connectivity index (χ1) is 10.6. The van der Waals surface area contributed by atoms with Gasteiger partial charge >= 0.3 is 0 Å². The Morgan fingerprint density at radius 3 is 2.82 bits per heavy atom. The summed E-state index contributed by atoms with van der Waals surface area (Å²) in [6.45, 7) is 4.86. The predicted molar refractivity (Wildman–Crippen MR) is 86.4 cm³/mol. The van der Waals surface area contributed by atoms with Gasteiger partial charge in [-0.2, -0.15) is 0 Å². The van der Waals surface area contributed by atoms with Crippen LogP contribution in [0.4, 0.5) is 11.4 Å². The standard InChI is InChI=1S/C15H20N4O3/c1-11-9-15(17-6-5-16-7-8-22-2)13-10-12(19(20)21)3-4-14(13)18-11/h3-4,9-10,16H,5-8H2,1-2H3,(H,17,18). The third kappa shape index (κ3) is 4.12. The molecule has 0 atom stereocenters. The molecule has 22 heavy (non-hydrogen) atoms. The van der Waals surface area contributed by atoms with Crippen molar-refractivity contribution in [1.82, 2.24) is 10.3 Å². The lowest BCUT2D eigenvalue weighted by Crippen LogP contribution is -2.25. The molecule has 0 aliphatic heterocycles. The summed E-state index contributed by atoms with van der Waals surface area (Å²) in [5.41, 5.74) is 2.55. The van der Waals surface area contributed by atoms with Crippen LogP contribution in [0.2, 0.25) is 0 Å². The fourth-order valence-electron chi connectivity index (χ4n) is 2.19. The summed E-state index contributed by atoms with van der Waals surface area (Å²) < 4.78 is 4.96.